The fourth-order valence-corrected chi connectivity index (χ4v) is 3.68. The number of aliphatic imine (C=N–C) groups is 1. The van der Waals surface area contributed by atoms with Gasteiger partial charge in [-0.05, 0) is 38.2 Å². The molecule has 122 valence electrons. The van der Waals surface area contributed by atoms with Crippen LogP contribution in [-0.2, 0) is 0 Å². The third-order valence-corrected chi connectivity index (χ3v) is 4.91. The third kappa shape index (κ3) is 3.13. The zero-order chi connectivity index (χ0) is 16.4. The smallest absolute Gasteiger partial charge is 0.170 e. The topological polar surface area (TPSA) is 41.6 Å². The molecule has 0 unspecified atom stereocenters. The Morgan fingerprint density at radius 2 is 2.26 bits per heavy atom. The predicted octanol–water partition coefficient (Wildman–Crippen LogP) is 4.27. The minimum Gasteiger partial charge on any atom is -0.356 e. The highest BCUT2D eigenvalue weighted by molar-refractivity contribution is 8.13. The van der Waals surface area contributed by atoms with E-state index in [-0.39, 0.29) is 11.9 Å². The Morgan fingerprint density at radius 1 is 1.43 bits per heavy atom. The van der Waals surface area contributed by atoms with Gasteiger partial charge in [0.25, 0.3) is 0 Å². The molecule has 1 aliphatic heterocycles. The molecule has 3 rings (SSSR count). The van der Waals surface area contributed by atoms with Gasteiger partial charge >= 0.3 is 0 Å². The van der Waals surface area contributed by atoms with Crippen LogP contribution in [0.3, 0.4) is 0 Å². The van der Waals surface area contributed by atoms with Gasteiger partial charge in [-0.15, -0.1) is 0 Å². The molecule has 0 radical (unpaired) electrons. The van der Waals surface area contributed by atoms with Crippen LogP contribution in [0.2, 0.25) is 0 Å². The van der Waals surface area contributed by atoms with Gasteiger partial charge in [0, 0.05) is 19.7 Å². The number of benzene rings is 1. The van der Waals surface area contributed by atoms with Crippen molar-refractivity contribution in [3.8, 4) is 11.3 Å². The molecule has 0 spiro atoms. The lowest BCUT2D eigenvalue weighted by Crippen LogP contribution is -2.28. The van der Waals surface area contributed by atoms with Crippen molar-refractivity contribution in [2.75, 3.05) is 19.8 Å². The standard InChI is InChI=1S/C17H20FN3OS/c1-11-6-7-13(18)12(9-11)16-10-14(20-22-16)15-5-4-8-21(15)17(19-2)23-3/h6-7,9-10,15H,4-5,8H2,1-3H3/b19-17-/t15-/m1/s1. The van der Waals surface area contributed by atoms with E-state index in [1.54, 1.807) is 30.9 Å². The maximum absolute atomic E-state index is 14.0. The number of aryl methyl sites for hydroxylation is 1. The van der Waals surface area contributed by atoms with Gasteiger partial charge in [0.15, 0.2) is 10.9 Å². The van der Waals surface area contributed by atoms with Gasteiger partial charge in [0.1, 0.15) is 11.5 Å². The molecule has 23 heavy (non-hydrogen) atoms. The molecule has 1 aromatic carbocycles. The summed E-state index contributed by atoms with van der Waals surface area (Å²) < 4.78 is 19.5. The van der Waals surface area contributed by atoms with E-state index in [9.17, 15) is 4.39 Å². The number of halogens is 1. The molecule has 1 atom stereocenters. The van der Waals surface area contributed by atoms with Crippen molar-refractivity contribution in [3.05, 3.63) is 41.3 Å². The first kappa shape index (κ1) is 16.1. The van der Waals surface area contributed by atoms with Gasteiger partial charge in [0.2, 0.25) is 0 Å². The van der Waals surface area contributed by atoms with Crippen LogP contribution in [0.1, 0.15) is 30.1 Å². The number of amidine groups is 1. The second-order valence-corrected chi connectivity index (χ2v) is 6.43. The molecular formula is C17H20FN3OS. The van der Waals surface area contributed by atoms with Crippen LogP contribution in [0.5, 0.6) is 0 Å². The van der Waals surface area contributed by atoms with E-state index in [4.69, 9.17) is 4.52 Å². The second kappa shape index (κ2) is 6.74. The molecule has 1 aromatic heterocycles. The number of thioether (sulfide) groups is 1. The summed E-state index contributed by atoms with van der Waals surface area (Å²) in [6.45, 7) is 2.89. The van der Waals surface area contributed by atoms with Gasteiger partial charge in [-0.2, -0.15) is 0 Å². The molecule has 4 nitrogen and oxygen atoms in total. The van der Waals surface area contributed by atoms with Crippen molar-refractivity contribution in [1.82, 2.24) is 10.1 Å². The Hall–Kier alpha value is -1.82. The highest BCUT2D eigenvalue weighted by atomic mass is 32.2. The lowest BCUT2D eigenvalue weighted by atomic mass is 10.1. The average Bonchev–Trinajstić information content (AvgIpc) is 3.20. The highest BCUT2D eigenvalue weighted by Crippen LogP contribution is 2.35. The summed E-state index contributed by atoms with van der Waals surface area (Å²) in [5.74, 6) is 0.189. The lowest BCUT2D eigenvalue weighted by Gasteiger charge is -2.24. The van der Waals surface area contributed by atoms with E-state index in [0.717, 1.165) is 35.8 Å². The zero-order valence-corrected chi connectivity index (χ0v) is 14.4. The lowest BCUT2D eigenvalue weighted by molar-refractivity contribution is 0.361. The number of hydrogen-bond donors (Lipinski definition) is 0. The fraction of sp³-hybridized carbons (Fsp3) is 0.412. The van der Waals surface area contributed by atoms with Gasteiger partial charge < -0.3 is 9.42 Å². The summed E-state index contributed by atoms with van der Waals surface area (Å²) in [4.78, 5) is 6.59. The second-order valence-electron chi connectivity index (χ2n) is 5.66. The molecule has 2 heterocycles. The Labute approximate surface area is 139 Å². The summed E-state index contributed by atoms with van der Waals surface area (Å²) in [6.07, 6.45) is 4.11. The Kier molecular flexibility index (Phi) is 4.71. The van der Waals surface area contributed by atoms with Crippen molar-refractivity contribution in [3.63, 3.8) is 0 Å². The number of aromatic nitrogens is 1. The van der Waals surface area contributed by atoms with Crippen LogP contribution in [0.4, 0.5) is 4.39 Å². The van der Waals surface area contributed by atoms with Gasteiger partial charge in [-0.3, -0.25) is 4.99 Å². The summed E-state index contributed by atoms with van der Waals surface area (Å²) in [7, 11) is 1.80. The molecule has 0 aliphatic carbocycles. The SMILES string of the molecule is C/N=C(\SC)N1CCC[C@@H]1c1cc(-c2cc(C)ccc2F)on1. The molecule has 2 aromatic rings. The Morgan fingerprint density at radius 3 is 3.00 bits per heavy atom. The van der Waals surface area contributed by atoms with Crippen LogP contribution >= 0.6 is 11.8 Å². The monoisotopic (exact) mass is 333 g/mol. The van der Waals surface area contributed by atoms with Gasteiger partial charge in [-0.1, -0.05) is 28.5 Å². The molecule has 0 bridgehead atoms. The number of likely N-dealkylation sites (tertiary alicyclic amines) is 1. The molecule has 0 amide bonds. The maximum atomic E-state index is 14.0. The van der Waals surface area contributed by atoms with E-state index in [2.05, 4.69) is 15.0 Å². The third-order valence-electron chi connectivity index (χ3n) is 4.13. The highest BCUT2D eigenvalue weighted by Gasteiger charge is 2.31. The number of rotatable bonds is 2. The Balaban J connectivity index is 1.91. The minimum atomic E-state index is -0.290. The van der Waals surface area contributed by atoms with Crippen LogP contribution in [0.15, 0.2) is 33.8 Å². The summed E-state index contributed by atoms with van der Waals surface area (Å²) in [5, 5.41) is 5.20. The van der Waals surface area contributed by atoms with E-state index in [0.29, 0.717) is 11.3 Å². The van der Waals surface area contributed by atoms with Crippen molar-refractivity contribution in [1.29, 1.82) is 0 Å². The first-order chi connectivity index (χ1) is 11.1. The summed E-state index contributed by atoms with van der Waals surface area (Å²) in [5.41, 5.74) is 2.29. The van der Waals surface area contributed by atoms with Crippen molar-refractivity contribution < 1.29 is 8.91 Å². The molecule has 0 saturated carbocycles. The summed E-state index contributed by atoms with van der Waals surface area (Å²) in [6, 6.07) is 7.00. The van der Waals surface area contributed by atoms with Gasteiger partial charge in [0.05, 0.1) is 11.6 Å². The van der Waals surface area contributed by atoms with Crippen molar-refractivity contribution in [2.45, 2.75) is 25.8 Å². The van der Waals surface area contributed by atoms with Crippen molar-refractivity contribution in [2.24, 2.45) is 4.99 Å². The van der Waals surface area contributed by atoms with E-state index in [1.165, 1.54) is 6.07 Å². The first-order valence-electron chi connectivity index (χ1n) is 7.64. The minimum absolute atomic E-state index is 0.145. The Bertz CT molecular complexity index is 728. The number of hydrogen-bond acceptors (Lipinski definition) is 4. The molecule has 1 saturated heterocycles. The normalized spacial score (nSPS) is 18.7. The summed E-state index contributed by atoms with van der Waals surface area (Å²) >= 11 is 1.63. The molecule has 0 N–H and O–H groups in total. The van der Waals surface area contributed by atoms with E-state index in [1.807, 2.05) is 19.2 Å². The van der Waals surface area contributed by atoms with E-state index < -0.39 is 0 Å². The number of nitrogens with zero attached hydrogens (tertiary/aromatic N) is 3. The zero-order valence-electron chi connectivity index (χ0n) is 13.5. The predicted molar refractivity (Wildman–Crippen MR) is 92.2 cm³/mol. The van der Waals surface area contributed by atoms with E-state index >= 15 is 0 Å². The maximum Gasteiger partial charge on any atom is 0.170 e. The first-order valence-corrected chi connectivity index (χ1v) is 8.87. The van der Waals surface area contributed by atoms with Gasteiger partial charge in [-0.25, -0.2) is 4.39 Å². The quantitative estimate of drug-likeness (QED) is 0.608. The molecule has 1 aliphatic rings. The largest absolute Gasteiger partial charge is 0.356 e. The van der Waals surface area contributed by atoms with Crippen LogP contribution in [-0.4, -0.2) is 35.1 Å². The van der Waals surface area contributed by atoms with Crippen LogP contribution < -0.4 is 0 Å². The van der Waals surface area contributed by atoms with Crippen molar-refractivity contribution >= 4 is 16.9 Å². The molecule has 6 heteroatoms. The van der Waals surface area contributed by atoms with Crippen LogP contribution in [0.25, 0.3) is 11.3 Å². The molecular weight excluding hydrogens is 313 g/mol. The molecule has 1 fully saturated rings. The van der Waals surface area contributed by atoms with Crippen LogP contribution in [0, 0.1) is 12.7 Å². The fourth-order valence-electron chi connectivity index (χ4n) is 3.04. The average molecular weight is 333 g/mol.